The Balaban J connectivity index is 0.000000191. The molecule has 0 N–H and O–H groups in total. The van der Waals surface area contributed by atoms with E-state index in [2.05, 4.69) is 19.9 Å². The van der Waals surface area contributed by atoms with Crippen LogP contribution in [0.4, 0.5) is 8.78 Å². The van der Waals surface area contributed by atoms with Crippen LogP contribution in [0.2, 0.25) is 10.4 Å². The number of nitrogens with zero attached hydrogens (tertiary/aromatic N) is 4. The predicted molar refractivity (Wildman–Crippen MR) is 131 cm³/mol. The Hall–Kier alpha value is -2.66. The van der Waals surface area contributed by atoms with Gasteiger partial charge in [-0.2, -0.15) is 15.0 Å². The molecule has 2 heterocycles. The van der Waals surface area contributed by atoms with Gasteiger partial charge in [0.1, 0.15) is 38.3 Å². The van der Waals surface area contributed by atoms with Crippen LogP contribution in [-0.4, -0.2) is 32.4 Å². The third kappa shape index (κ3) is 8.28. The monoisotopic (exact) mass is 540 g/mol. The number of hydrogen-bond acceptors (Lipinski definition) is 8. The van der Waals surface area contributed by atoms with E-state index in [0.717, 1.165) is 0 Å². The van der Waals surface area contributed by atoms with Crippen molar-refractivity contribution in [2.45, 2.75) is 10.1 Å². The topological polar surface area (TPSA) is 70.0 Å². The Morgan fingerprint density at radius 1 is 0.706 bits per heavy atom. The summed E-state index contributed by atoms with van der Waals surface area (Å²) in [5, 5.41) is 1.77. The summed E-state index contributed by atoms with van der Waals surface area (Å²) in [6, 6.07) is 14.9. The van der Waals surface area contributed by atoms with E-state index in [1.165, 1.54) is 47.8 Å². The zero-order chi connectivity index (χ0) is 24.5. The minimum Gasteiger partial charge on any atom is -0.439 e. The molecule has 4 rings (SSSR count). The molecule has 0 aliphatic rings. The van der Waals surface area contributed by atoms with Crippen molar-refractivity contribution in [3.8, 4) is 23.4 Å². The lowest BCUT2D eigenvalue weighted by atomic mass is 10.3. The predicted octanol–water partition coefficient (Wildman–Crippen LogP) is 7.57. The molecule has 12 heteroatoms. The van der Waals surface area contributed by atoms with Crippen LogP contribution < -0.4 is 9.47 Å². The Labute approximate surface area is 213 Å². The summed E-state index contributed by atoms with van der Waals surface area (Å²) in [5.41, 5.74) is 0. The van der Waals surface area contributed by atoms with Gasteiger partial charge in [-0.15, -0.1) is 23.5 Å². The highest BCUT2D eigenvalue weighted by Gasteiger charge is 2.06. The molecule has 0 unspecified atom stereocenters. The highest BCUT2D eigenvalue weighted by molar-refractivity contribution is 7.98. The van der Waals surface area contributed by atoms with Gasteiger partial charge in [0.15, 0.2) is 0 Å². The molecule has 0 spiro atoms. The van der Waals surface area contributed by atoms with Gasteiger partial charge >= 0.3 is 6.01 Å². The van der Waals surface area contributed by atoms with Crippen molar-refractivity contribution in [2.75, 3.05) is 12.5 Å². The van der Waals surface area contributed by atoms with E-state index < -0.39 is 0 Å². The average Bonchev–Trinajstić information content (AvgIpc) is 2.78. The number of halogens is 4. The number of ether oxygens (including phenoxy) is 2. The number of rotatable bonds is 6. The molecule has 0 aliphatic carbocycles. The molecule has 0 atom stereocenters. The van der Waals surface area contributed by atoms with E-state index in [-0.39, 0.29) is 28.1 Å². The average molecular weight is 541 g/mol. The molecule has 176 valence electrons. The van der Waals surface area contributed by atoms with Crippen molar-refractivity contribution in [3.05, 3.63) is 82.7 Å². The lowest BCUT2D eigenvalue weighted by molar-refractivity contribution is 0.433. The zero-order valence-electron chi connectivity index (χ0n) is 17.7. The minimum atomic E-state index is -0.380. The van der Waals surface area contributed by atoms with Gasteiger partial charge in [0.2, 0.25) is 11.2 Å². The number of aromatic nitrogens is 4. The fraction of sp³-hybridized carbons (Fsp3) is 0.0909. The first kappa shape index (κ1) is 26.0. The van der Waals surface area contributed by atoms with Gasteiger partial charge in [-0.1, -0.05) is 23.7 Å². The molecule has 4 aromatic rings. The molecule has 0 saturated heterocycles. The molecular weight excluding hydrogens is 525 g/mol. The fourth-order valence-corrected chi connectivity index (χ4v) is 3.61. The molecule has 0 bridgehead atoms. The highest BCUT2D eigenvalue weighted by atomic mass is 35.5. The highest BCUT2D eigenvalue weighted by Crippen LogP contribution is 2.25. The summed E-state index contributed by atoms with van der Waals surface area (Å²) in [7, 11) is 0. The Morgan fingerprint density at radius 2 is 1.29 bits per heavy atom. The van der Waals surface area contributed by atoms with Crippen LogP contribution in [-0.2, 0) is 0 Å². The minimum absolute atomic E-state index is 0.100. The van der Waals surface area contributed by atoms with Crippen LogP contribution in [0.25, 0.3) is 0 Å². The lowest BCUT2D eigenvalue weighted by Gasteiger charge is -2.05. The standard InChI is InChI=1S/2C11H8ClFN2OS/c1-17-10-6-9(14-11(12)15-10)16-8-4-2-3-7(13)5-8;1-17-10-6-9(12)14-11(15-10)16-8-4-2-3-7(13)5-8/h2*2-6H,1H3. The molecule has 0 fully saturated rings. The van der Waals surface area contributed by atoms with E-state index in [1.54, 1.807) is 36.4 Å². The fourth-order valence-electron chi connectivity index (χ4n) is 2.35. The molecule has 34 heavy (non-hydrogen) atoms. The van der Waals surface area contributed by atoms with Crippen LogP contribution >= 0.6 is 46.7 Å². The van der Waals surface area contributed by atoms with Crippen LogP contribution in [0, 0.1) is 11.6 Å². The van der Waals surface area contributed by atoms with Gasteiger partial charge in [0.25, 0.3) is 0 Å². The third-order valence-corrected chi connectivity index (χ3v) is 5.36. The number of benzene rings is 2. The SMILES string of the molecule is CSc1cc(Cl)nc(Oc2cccc(F)c2)n1.CSc1cc(Oc2cccc(F)c2)nc(Cl)n1. The molecule has 0 radical (unpaired) electrons. The summed E-state index contributed by atoms with van der Waals surface area (Å²) < 4.78 is 36.6. The molecule has 0 saturated carbocycles. The first-order valence-electron chi connectivity index (χ1n) is 9.38. The summed E-state index contributed by atoms with van der Waals surface area (Å²) in [4.78, 5) is 15.9. The van der Waals surface area contributed by atoms with Crippen molar-refractivity contribution in [1.82, 2.24) is 19.9 Å². The van der Waals surface area contributed by atoms with Crippen molar-refractivity contribution in [3.63, 3.8) is 0 Å². The summed E-state index contributed by atoms with van der Waals surface area (Å²) in [6.07, 6.45) is 3.73. The van der Waals surface area contributed by atoms with Gasteiger partial charge in [-0.3, -0.25) is 0 Å². The molecule has 0 amide bonds. The Morgan fingerprint density at radius 3 is 1.88 bits per heavy atom. The third-order valence-electron chi connectivity index (χ3n) is 3.74. The second-order valence-electron chi connectivity index (χ2n) is 6.15. The summed E-state index contributed by atoms with van der Waals surface area (Å²) in [6.45, 7) is 0. The normalized spacial score (nSPS) is 10.3. The lowest BCUT2D eigenvalue weighted by Crippen LogP contribution is -1.93. The van der Waals surface area contributed by atoms with E-state index in [1.807, 2.05) is 12.5 Å². The smallest absolute Gasteiger partial charge is 0.324 e. The number of hydrogen-bond donors (Lipinski definition) is 0. The maximum atomic E-state index is 13.0. The zero-order valence-corrected chi connectivity index (χ0v) is 20.9. The molecule has 0 aliphatic heterocycles. The van der Waals surface area contributed by atoms with Crippen molar-refractivity contribution in [2.24, 2.45) is 0 Å². The Kier molecular flexibility index (Phi) is 9.70. The molecule has 2 aromatic carbocycles. The molecule has 2 aromatic heterocycles. The summed E-state index contributed by atoms with van der Waals surface area (Å²) in [5.74, 6) is 0.244. The first-order valence-corrected chi connectivity index (χ1v) is 12.6. The second kappa shape index (κ2) is 12.7. The van der Waals surface area contributed by atoms with Crippen LogP contribution in [0.1, 0.15) is 0 Å². The van der Waals surface area contributed by atoms with Crippen LogP contribution in [0.5, 0.6) is 23.4 Å². The largest absolute Gasteiger partial charge is 0.439 e. The van der Waals surface area contributed by atoms with E-state index in [9.17, 15) is 8.78 Å². The van der Waals surface area contributed by atoms with Gasteiger partial charge < -0.3 is 9.47 Å². The van der Waals surface area contributed by atoms with E-state index >= 15 is 0 Å². The first-order chi connectivity index (χ1) is 16.3. The van der Waals surface area contributed by atoms with Gasteiger partial charge in [-0.05, 0) is 48.4 Å². The van der Waals surface area contributed by atoms with E-state index in [0.29, 0.717) is 27.4 Å². The van der Waals surface area contributed by atoms with Crippen molar-refractivity contribution in [1.29, 1.82) is 0 Å². The van der Waals surface area contributed by atoms with Crippen molar-refractivity contribution >= 4 is 46.7 Å². The molecular formula is C22H16Cl2F2N4O2S2. The second-order valence-corrected chi connectivity index (χ2v) is 8.53. The van der Waals surface area contributed by atoms with Crippen LogP contribution in [0.3, 0.4) is 0 Å². The van der Waals surface area contributed by atoms with E-state index in [4.69, 9.17) is 32.7 Å². The number of thioether (sulfide) groups is 2. The van der Waals surface area contributed by atoms with Crippen LogP contribution in [0.15, 0.2) is 70.7 Å². The maximum Gasteiger partial charge on any atom is 0.324 e. The Bertz CT molecular complexity index is 1170. The van der Waals surface area contributed by atoms with Gasteiger partial charge in [0, 0.05) is 24.3 Å². The summed E-state index contributed by atoms with van der Waals surface area (Å²) >= 11 is 14.4. The van der Waals surface area contributed by atoms with Gasteiger partial charge in [0.05, 0.1) is 0 Å². The quantitative estimate of drug-likeness (QED) is 0.141. The van der Waals surface area contributed by atoms with Crippen molar-refractivity contribution < 1.29 is 18.3 Å². The van der Waals surface area contributed by atoms with Gasteiger partial charge in [-0.25, -0.2) is 13.8 Å². The maximum absolute atomic E-state index is 13.0. The molecule has 6 nitrogen and oxygen atoms in total.